The molecule has 0 aliphatic carbocycles. The van der Waals surface area contributed by atoms with Crippen LogP contribution in [0.1, 0.15) is 0 Å². The highest BCUT2D eigenvalue weighted by Crippen LogP contribution is 2.11. The number of nitrogens with zero attached hydrogens (tertiary/aromatic N) is 1. The minimum atomic E-state index is -0.893. The third-order valence-electron chi connectivity index (χ3n) is 1.96. The largest absolute Gasteiger partial charge is 0.502 e. The van der Waals surface area contributed by atoms with Gasteiger partial charge in [0.2, 0.25) is 0 Å². The van der Waals surface area contributed by atoms with Crippen LogP contribution >= 0.6 is 0 Å². The molecule has 0 atom stereocenters. The maximum Gasteiger partial charge on any atom is 0.271 e. The Morgan fingerprint density at radius 3 is 2.50 bits per heavy atom. The third kappa shape index (κ3) is 0.922. The summed E-state index contributed by atoms with van der Waals surface area (Å²) >= 11 is 0. The van der Waals surface area contributed by atoms with Crippen molar-refractivity contribution in [3.05, 3.63) is 50.3 Å². The molecule has 2 aromatic rings. The SMILES string of the molecule is N=c1ccccn1-c1c(O)c(=O)c1=O. The second-order valence-electron chi connectivity index (χ2n) is 2.81. The first-order valence-corrected chi connectivity index (χ1v) is 3.88. The lowest BCUT2D eigenvalue weighted by atomic mass is 10.2. The molecule has 2 N–H and O–H groups in total. The molecule has 5 nitrogen and oxygen atoms in total. The Kier molecular flexibility index (Phi) is 1.60. The van der Waals surface area contributed by atoms with Gasteiger partial charge >= 0.3 is 0 Å². The number of hydrogen-bond acceptors (Lipinski definition) is 4. The molecule has 14 heavy (non-hydrogen) atoms. The zero-order valence-electron chi connectivity index (χ0n) is 7.02. The molecule has 2 rings (SSSR count). The van der Waals surface area contributed by atoms with E-state index in [9.17, 15) is 9.59 Å². The molecule has 0 saturated heterocycles. The van der Waals surface area contributed by atoms with E-state index in [2.05, 4.69) is 0 Å². The van der Waals surface area contributed by atoms with Crippen LogP contribution in [0.25, 0.3) is 5.69 Å². The molecule has 0 fully saturated rings. The summed E-state index contributed by atoms with van der Waals surface area (Å²) in [6.07, 6.45) is 1.44. The highest BCUT2D eigenvalue weighted by molar-refractivity contribution is 5.51. The van der Waals surface area contributed by atoms with Gasteiger partial charge in [0, 0.05) is 6.20 Å². The molecule has 0 spiro atoms. The first-order chi connectivity index (χ1) is 6.63. The highest BCUT2D eigenvalue weighted by atomic mass is 16.3. The predicted molar refractivity (Wildman–Crippen MR) is 48.2 cm³/mol. The van der Waals surface area contributed by atoms with Crippen molar-refractivity contribution in [2.24, 2.45) is 0 Å². The Morgan fingerprint density at radius 2 is 1.93 bits per heavy atom. The summed E-state index contributed by atoms with van der Waals surface area (Å²) < 4.78 is 1.17. The second kappa shape index (κ2) is 2.66. The Balaban J connectivity index is 2.76. The van der Waals surface area contributed by atoms with Crippen LogP contribution in [0.3, 0.4) is 0 Å². The molecule has 0 bridgehead atoms. The lowest BCUT2D eigenvalue weighted by molar-refractivity contribution is 0.458. The van der Waals surface area contributed by atoms with Crippen LogP contribution in [0.15, 0.2) is 34.0 Å². The summed E-state index contributed by atoms with van der Waals surface area (Å²) in [4.78, 5) is 21.8. The van der Waals surface area contributed by atoms with Gasteiger partial charge in [0.05, 0.1) is 0 Å². The first kappa shape index (κ1) is 8.43. The van der Waals surface area contributed by atoms with Crippen molar-refractivity contribution in [2.45, 2.75) is 0 Å². The van der Waals surface area contributed by atoms with Crippen LogP contribution in [0.4, 0.5) is 0 Å². The Morgan fingerprint density at radius 1 is 1.21 bits per heavy atom. The fraction of sp³-hybridized carbons (Fsp3) is 0. The molecule has 0 amide bonds. The summed E-state index contributed by atoms with van der Waals surface area (Å²) in [6.45, 7) is 0. The fourth-order valence-corrected chi connectivity index (χ4v) is 1.23. The lowest BCUT2D eigenvalue weighted by Crippen LogP contribution is -2.37. The number of nitrogens with one attached hydrogen (secondary N) is 1. The predicted octanol–water partition coefficient (Wildman–Crippen LogP) is -0.742. The summed E-state index contributed by atoms with van der Waals surface area (Å²) in [5.74, 6) is -0.570. The Bertz CT molecular complexity index is 617. The van der Waals surface area contributed by atoms with Gasteiger partial charge < -0.3 is 5.11 Å². The van der Waals surface area contributed by atoms with Gasteiger partial charge in [-0.3, -0.25) is 19.6 Å². The molecule has 0 radical (unpaired) electrons. The summed E-state index contributed by atoms with van der Waals surface area (Å²) in [5.41, 5.74) is -1.74. The number of pyridine rings is 1. The average molecular weight is 190 g/mol. The van der Waals surface area contributed by atoms with Crippen LogP contribution in [0, 0.1) is 5.41 Å². The molecule has 0 saturated carbocycles. The molecular weight excluding hydrogens is 184 g/mol. The van der Waals surface area contributed by atoms with Crippen molar-refractivity contribution in [1.29, 1.82) is 5.41 Å². The highest BCUT2D eigenvalue weighted by Gasteiger charge is 2.21. The monoisotopic (exact) mass is 190 g/mol. The fourth-order valence-electron chi connectivity index (χ4n) is 1.23. The molecular formula is C9H6N2O3. The van der Waals surface area contributed by atoms with Gasteiger partial charge in [-0.2, -0.15) is 0 Å². The van der Waals surface area contributed by atoms with Crippen LogP contribution in [0.2, 0.25) is 0 Å². The van der Waals surface area contributed by atoms with E-state index >= 15 is 0 Å². The maximum absolute atomic E-state index is 11.1. The van der Waals surface area contributed by atoms with E-state index in [1.165, 1.54) is 16.8 Å². The van der Waals surface area contributed by atoms with Gasteiger partial charge in [0.25, 0.3) is 10.9 Å². The second-order valence-corrected chi connectivity index (χ2v) is 2.81. The zero-order chi connectivity index (χ0) is 10.3. The summed E-state index contributed by atoms with van der Waals surface area (Å²) in [6, 6.07) is 4.69. The molecule has 0 aliphatic heterocycles. The topological polar surface area (TPSA) is 83.2 Å². The van der Waals surface area contributed by atoms with Crippen molar-refractivity contribution in [1.82, 2.24) is 4.57 Å². The van der Waals surface area contributed by atoms with E-state index in [1.54, 1.807) is 12.1 Å². The molecule has 1 heterocycles. The van der Waals surface area contributed by atoms with Gasteiger partial charge in [-0.05, 0) is 12.1 Å². The maximum atomic E-state index is 11.1. The van der Waals surface area contributed by atoms with Crippen molar-refractivity contribution in [2.75, 3.05) is 0 Å². The van der Waals surface area contributed by atoms with Crippen molar-refractivity contribution in [3.8, 4) is 11.4 Å². The van der Waals surface area contributed by atoms with E-state index in [1.807, 2.05) is 0 Å². The summed E-state index contributed by atoms with van der Waals surface area (Å²) in [7, 11) is 0. The standard InChI is InChI=1S/C9H6N2O3/c10-5-3-1-2-4-11(5)6-7(12)9(14)8(6)13/h1-4,10,12H. The Labute approximate surface area is 77.7 Å². The number of aromatic nitrogens is 1. The van der Waals surface area contributed by atoms with Gasteiger partial charge in [-0.25, -0.2) is 0 Å². The van der Waals surface area contributed by atoms with Crippen molar-refractivity contribution in [3.63, 3.8) is 0 Å². The minimum absolute atomic E-state index is 0.0369. The lowest BCUT2D eigenvalue weighted by Gasteiger charge is -2.08. The molecule has 1 aromatic heterocycles. The third-order valence-corrected chi connectivity index (χ3v) is 1.96. The van der Waals surface area contributed by atoms with Crippen LogP contribution in [-0.4, -0.2) is 9.67 Å². The van der Waals surface area contributed by atoms with Gasteiger partial charge in [0.15, 0.2) is 5.75 Å². The van der Waals surface area contributed by atoms with Gasteiger partial charge in [-0.15, -0.1) is 0 Å². The normalized spacial score (nSPS) is 10.6. The van der Waals surface area contributed by atoms with E-state index in [0.717, 1.165) is 0 Å². The van der Waals surface area contributed by atoms with E-state index < -0.39 is 16.6 Å². The number of hydrogen-bond donors (Lipinski definition) is 2. The van der Waals surface area contributed by atoms with E-state index in [-0.39, 0.29) is 11.2 Å². The van der Waals surface area contributed by atoms with Crippen molar-refractivity contribution >= 4 is 0 Å². The van der Waals surface area contributed by atoms with Gasteiger partial charge in [-0.1, -0.05) is 6.07 Å². The van der Waals surface area contributed by atoms with Crippen LogP contribution in [0.5, 0.6) is 5.75 Å². The molecule has 1 aromatic carbocycles. The van der Waals surface area contributed by atoms with Gasteiger partial charge in [0.1, 0.15) is 11.2 Å². The molecule has 70 valence electrons. The molecule has 0 unspecified atom stereocenters. The average Bonchev–Trinajstić information content (AvgIpc) is 2.21. The smallest absolute Gasteiger partial charge is 0.271 e. The zero-order valence-corrected chi connectivity index (χ0v) is 7.02. The van der Waals surface area contributed by atoms with E-state index in [4.69, 9.17) is 10.5 Å². The van der Waals surface area contributed by atoms with Crippen molar-refractivity contribution < 1.29 is 5.11 Å². The van der Waals surface area contributed by atoms with E-state index in [0.29, 0.717) is 0 Å². The summed E-state index contributed by atoms with van der Waals surface area (Å²) in [5, 5.41) is 16.6. The minimum Gasteiger partial charge on any atom is -0.502 e. The van der Waals surface area contributed by atoms with Crippen LogP contribution in [-0.2, 0) is 0 Å². The number of aromatic hydroxyl groups is 1. The quantitative estimate of drug-likeness (QED) is 0.581. The van der Waals surface area contributed by atoms with Crippen LogP contribution < -0.4 is 16.3 Å². The first-order valence-electron chi connectivity index (χ1n) is 3.88. The number of rotatable bonds is 1. The molecule has 0 aliphatic rings. The molecule has 5 heteroatoms. The Hall–Kier alpha value is -2.17.